The van der Waals surface area contributed by atoms with Crippen molar-refractivity contribution in [3.05, 3.63) is 48.3 Å². The van der Waals surface area contributed by atoms with Crippen LogP contribution in [0.1, 0.15) is 5.69 Å². The van der Waals surface area contributed by atoms with Crippen molar-refractivity contribution in [1.29, 1.82) is 0 Å². The summed E-state index contributed by atoms with van der Waals surface area (Å²) in [5.41, 5.74) is 1.78. The summed E-state index contributed by atoms with van der Waals surface area (Å²) in [5, 5.41) is 4.39. The number of amides is 1. The van der Waals surface area contributed by atoms with E-state index in [2.05, 4.69) is 11.0 Å². The number of para-hydroxylation sites is 1. The van der Waals surface area contributed by atoms with Gasteiger partial charge < -0.3 is 4.90 Å². The van der Waals surface area contributed by atoms with Crippen molar-refractivity contribution in [2.75, 3.05) is 7.05 Å². The number of carbonyl (C=O) groups excluding carboxylic acids is 1. The van der Waals surface area contributed by atoms with Gasteiger partial charge in [-0.25, -0.2) is 4.68 Å². The molecule has 1 aromatic heterocycles. The molecule has 2 rings (SSSR count). The van der Waals surface area contributed by atoms with E-state index in [-0.39, 0.29) is 5.91 Å². The molecule has 0 unspecified atom stereocenters. The first-order valence-electron chi connectivity index (χ1n) is 5.52. The second kappa shape index (κ2) is 5.19. The highest BCUT2D eigenvalue weighted by Crippen LogP contribution is 2.08. The number of terminal acetylenes is 1. The molecule has 1 heterocycles. The minimum absolute atomic E-state index is 0.343. The van der Waals surface area contributed by atoms with Crippen LogP contribution in [0.4, 0.5) is 0 Å². The lowest BCUT2D eigenvalue weighted by molar-refractivity contribution is -0.124. The zero-order valence-electron chi connectivity index (χ0n) is 10.1. The number of nitrogens with zero attached hydrogens (tertiary/aromatic N) is 3. The van der Waals surface area contributed by atoms with Gasteiger partial charge in [-0.2, -0.15) is 5.10 Å². The number of benzene rings is 1. The van der Waals surface area contributed by atoms with Crippen molar-refractivity contribution >= 4 is 5.91 Å². The van der Waals surface area contributed by atoms with Gasteiger partial charge in [0, 0.05) is 13.2 Å². The molecule has 1 amide bonds. The van der Waals surface area contributed by atoms with Gasteiger partial charge in [0.05, 0.1) is 17.9 Å². The van der Waals surface area contributed by atoms with Crippen molar-refractivity contribution < 1.29 is 4.79 Å². The molecular weight excluding hydrogens is 226 g/mol. The number of rotatable bonds is 3. The van der Waals surface area contributed by atoms with E-state index >= 15 is 0 Å². The van der Waals surface area contributed by atoms with Gasteiger partial charge >= 0.3 is 0 Å². The lowest BCUT2D eigenvalue weighted by Crippen LogP contribution is -2.24. The van der Waals surface area contributed by atoms with Crippen LogP contribution in [-0.4, -0.2) is 27.6 Å². The first-order valence-corrected chi connectivity index (χ1v) is 5.52. The molecule has 0 spiro atoms. The Morgan fingerprint density at radius 2 is 2.11 bits per heavy atom. The minimum Gasteiger partial charge on any atom is -0.329 e. The Bertz CT molecular complexity index is 581. The molecule has 0 N–H and O–H groups in total. The maximum atomic E-state index is 11.2. The SMILES string of the molecule is C#CC(=O)N(C)Cc1ccn(-c2ccccc2)n1. The van der Waals surface area contributed by atoms with E-state index in [1.165, 1.54) is 4.90 Å². The van der Waals surface area contributed by atoms with Crippen LogP contribution in [0.3, 0.4) is 0 Å². The molecule has 0 saturated carbocycles. The first-order chi connectivity index (χ1) is 8.70. The van der Waals surface area contributed by atoms with E-state index in [0.717, 1.165) is 11.4 Å². The van der Waals surface area contributed by atoms with E-state index in [0.29, 0.717) is 6.54 Å². The Balaban J connectivity index is 2.12. The first kappa shape index (κ1) is 11.9. The largest absolute Gasteiger partial charge is 0.329 e. The highest BCUT2D eigenvalue weighted by atomic mass is 16.2. The second-order valence-corrected chi connectivity index (χ2v) is 3.89. The molecule has 0 atom stereocenters. The molecule has 0 aliphatic carbocycles. The summed E-state index contributed by atoms with van der Waals surface area (Å²) in [5.74, 6) is 1.73. The highest BCUT2D eigenvalue weighted by molar-refractivity contribution is 5.92. The summed E-state index contributed by atoms with van der Waals surface area (Å²) in [6.07, 6.45) is 6.92. The quantitative estimate of drug-likeness (QED) is 0.761. The van der Waals surface area contributed by atoms with Crippen LogP contribution in [0.15, 0.2) is 42.6 Å². The maximum Gasteiger partial charge on any atom is 0.298 e. The van der Waals surface area contributed by atoms with Gasteiger partial charge in [-0.15, -0.1) is 6.42 Å². The van der Waals surface area contributed by atoms with E-state index in [1.807, 2.05) is 42.6 Å². The standard InChI is InChI=1S/C14H13N3O/c1-3-14(18)16(2)11-12-9-10-17(15-12)13-7-5-4-6-8-13/h1,4-10H,11H2,2H3. The number of aromatic nitrogens is 2. The fourth-order valence-electron chi connectivity index (χ4n) is 1.60. The van der Waals surface area contributed by atoms with Crippen LogP contribution in [-0.2, 0) is 11.3 Å². The Morgan fingerprint density at radius 1 is 1.39 bits per heavy atom. The average Bonchev–Trinajstić information content (AvgIpc) is 2.87. The molecule has 4 nitrogen and oxygen atoms in total. The molecular formula is C14H13N3O. The van der Waals surface area contributed by atoms with Gasteiger partial charge in [0.15, 0.2) is 0 Å². The average molecular weight is 239 g/mol. The zero-order valence-corrected chi connectivity index (χ0v) is 10.1. The van der Waals surface area contributed by atoms with E-state index < -0.39 is 0 Å². The summed E-state index contributed by atoms with van der Waals surface area (Å²) < 4.78 is 1.77. The Morgan fingerprint density at radius 3 is 2.78 bits per heavy atom. The van der Waals surface area contributed by atoms with Crippen LogP contribution < -0.4 is 0 Å². The molecule has 1 aromatic carbocycles. The molecule has 2 aromatic rings. The van der Waals surface area contributed by atoms with Gasteiger partial charge in [-0.3, -0.25) is 4.79 Å². The fraction of sp³-hybridized carbons (Fsp3) is 0.143. The van der Waals surface area contributed by atoms with Gasteiger partial charge in [0.25, 0.3) is 5.91 Å². The van der Waals surface area contributed by atoms with E-state index in [1.54, 1.807) is 11.7 Å². The summed E-state index contributed by atoms with van der Waals surface area (Å²) in [6.45, 7) is 0.406. The van der Waals surface area contributed by atoms with Gasteiger partial charge in [-0.1, -0.05) is 18.2 Å². The lowest BCUT2D eigenvalue weighted by atomic mass is 10.3. The van der Waals surface area contributed by atoms with Gasteiger partial charge in [0.2, 0.25) is 0 Å². The molecule has 90 valence electrons. The number of hydrogen-bond donors (Lipinski definition) is 0. The Hall–Kier alpha value is -2.54. The van der Waals surface area contributed by atoms with Gasteiger partial charge in [0.1, 0.15) is 0 Å². The van der Waals surface area contributed by atoms with Crippen LogP contribution in [0.5, 0.6) is 0 Å². The van der Waals surface area contributed by atoms with Crippen LogP contribution in [0.2, 0.25) is 0 Å². The van der Waals surface area contributed by atoms with E-state index in [9.17, 15) is 4.79 Å². The van der Waals surface area contributed by atoms with Crippen molar-refractivity contribution in [2.45, 2.75) is 6.54 Å². The Labute approximate surface area is 106 Å². The topological polar surface area (TPSA) is 38.1 Å². The van der Waals surface area contributed by atoms with Crippen molar-refractivity contribution in [2.24, 2.45) is 0 Å². The lowest BCUT2D eigenvalue weighted by Gasteiger charge is -2.11. The smallest absolute Gasteiger partial charge is 0.298 e. The normalized spacial score (nSPS) is 9.78. The highest BCUT2D eigenvalue weighted by Gasteiger charge is 2.08. The van der Waals surface area contributed by atoms with Crippen LogP contribution in [0, 0.1) is 12.3 Å². The summed E-state index contributed by atoms with van der Waals surface area (Å²) in [6, 6.07) is 11.6. The van der Waals surface area contributed by atoms with Gasteiger partial charge in [-0.05, 0) is 24.1 Å². The molecule has 18 heavy (non-hydrogen) atoms. The third-order valence-corrected chi connectivity index (χ3v) is 2.53. The fourth-order valence-corrected chi connectivity index (χ4v) is 1.60. The number of carbonyl (C=O) groups is 1. The third-order valence-electron chi connectivity index (χ3n) is 2.53. The third kappa shape index (κ3) is 2.58. The Kier molecular flexibility index (Phi) is 3.44. The molecule has 0 aliphatic rings. The second-order valence-electron chi connectivity index (χ2n) is 3.89. The van der Waals surface area contributed by atoms with Crippen molar-refractivity contribution in [3.8, 4) is 18.0 Å². The molecule has 4 heteroatoms. The molecule has 0 bridgehead atoms. The summed E-state index contributed by atoms with van der Waals surface area (Å²) in [7, 11) is 1.66. The van der Waals surface area contributed by atoms with Crippen molar-refractivity contribution in [1.82, 2.24) is 14.7 Å². The summed E-state index contributed by atoms with van der Waals surface area (Å²) >= 11 is 0. The van der Waals surface area contributed by atoms with Crippen LogP contribution in [0.25, 0.3) is 5.69 Å². The molecule has 0 saturated heterocycles. The predicted octanol–water partition coefficient (Wildman–Crippen LogP) is 1.46. The molecule has 0 fully saturated rings. The monoisotopic (exact) mass is 239 g/mol. The van der Waals surface area contributed by atoms with Crippen molar-refractivity contribution in [3.63, 3.8) is 0 Å². The summed E-state index contributed by atoms with van der Waals surface area (Å²) in [4.78, 5) is 12.7. The van der Waals surface area contributed by atoms with Crippen LogP contribution >= 0.6 is 0 Å². The maximum absolute atomic E-state index is 11.2. The zero-order chi connectivity index (χ0) is 13.0. The van der Waals surface area contributed by atoms with E-state index in [4.69, 9.17) is 6.42 Å². The predicted molar refractivity (Wildman–Crippen MR) is 68.9 cm³/mol. The number of hydrogen-bond acceptors (Lipinski definition) is 2. The molecule has 0 aliphatic heterocycles. The minimum atomic E-state index is -0.343. The molecule has 0 radical (unpaired) electrons.